The SMILES string of the molecule is C.O=[N+]([O-])CC1OB(O)c2cc(OCOCc3ccccc3)ccc21. The molecule has 1 heterocycles. The number of hydrogen-bond donors (Lipinski definition) is 1. The van der Waals surface area contributed by atoms with E-state index >= 15 is 0 Å². The van der Waals surface area contributed by atoms with Crippen molar-refractivity contribution in [2.45, 2.75) is 20.1 Å². The van der Waals surface area contributed by atoms with Crippen LogP contribution >= 0.6 is 0 Å². The third-order valence-corrected chi connectivity index (χ3v) is 3.70. The molecule has 8 heteroatoms. The molecule has 1 N–H and O–H groups in total. The van der Waals surface area contributed by atoms with E-state index in [1.165, 1.54) is 0 Å². The van der Waals surface area contributed by atoms with Gasteiger partial charge < -0.3 is 19.2 Å². The lowest BCUT2D eigenvalue weighted by Crippen LogP contribution is -2.28. The zero-order chi connectivity index (χ0) is 16.9. The first kappa shape index (κ1) is 18.9. The standard InChI is InChI=1S/C16H16BNO6.CH4/c19-17-15-8-13(6-7-14(15)16(24-17)9-18(20)21)23-11-22-10-12-4-2-1-3-5-12;/h1-8,16,19H,9-11H2;1H4. The predicted molar refractivity (Wildman–Crippen MR) is 93.2 cm³/mol. The molecule has 0 saturated carbocycles. The fourth-order valence-corrected chi connectivity index (χ4v) is 2.57. The molecule has 1 unspecified atom stereocenters. The smallest absolute Gasteiger partial charge is 0.468 e. The van der Waals surface area contributed by atoms with Crippen molar-refractivity contribution in [1.29, 1.82) is 0 Å². The van der Waals surface area contributed by atoms with E-state index in [4.69, 9.17) is 14.1 Å². The number of benzene rings is 2. The van der Waals surface area contributed by atoms with Gasteiger partial charge in [0.25, 0.3) is 0 Å². The van der Waals surface area contributed by atoms with E-state index in [1.54, 1.807) is 18.2 Å². The zero-order valence-corrected chi connectivity index (χ0v) is 12.8. The van der Waals surface area contributed by atoms with Crippen LogP contribution < -0.4 is 10.2 Å². The Kier molecular flexibility index (Phi) is 6.52. The van der Waals surface area contributed by atoms with Crippen LogP contribution in [0, 0.1) is 10.1 Å². The van der Waals surface area contributed by atoms with Gasteiger partial charge in [-0.3, -0.25) is 10.1 Å². The number of hydrogen-bond acceptors (Lipinski definition) is 6. The average molecular weight is 345 g/mol. The van der Waals surface area contributed by atoms with Crippen molar-refractivity contribution in [3.63, 3.8) is 0 Å². The Morgan fingerprint density at radius 2 is 2.00 bits per heavy atom. The van der Waals surface area contributed by atoms with Gasteiger partial charge in [0.15, 0.2) is 6.79 Å². The summed E-state index contributed by atoms with van der Waals surface area (Å²) in [6.45, 7) is 0.107. The summed E-state index contributed by atoms with van der Waals surface area (Å²) in [5.41, 5.74) is 2.14. The molecule has 132 valence electrons. The Balaban J connectivity index is 0.00000225. The third-order valence-electron chi connectivity index (χ3n) is 3.70. The largest absolute Gasteiger partial charge is 0.492 e. The summed E-state index contributed by atoms with van der Waals surface area (Å²) in [5, 5.41) is 20.5. The molecule has 2 aromatic rings. The summed E-state index contributed by atoms with van der Waals surface area (Å²) in [6, 6.07) is 14.7. The molecule has 3 rings (SSSR count). The summed E-state index contributed by atoms with van der Waals surface area (Å²) in [5.74, 6) is 0.506. The Hall–Kier alpha value is -2.42. The molecule has 2 aromatic carbocycles. The van der Waals surface area contributed by atoms with Crippen molar-refractivity contribution in [2.75, 3.05) is 13.3 Å². The van der Waals surface area contributed by atoms with Crippen LogP contribution in [0.1, 0.15) is 24.7 Å². The zero-order valence-electron chi connectivity index (χ0n) is 12.8. The van der Waals surface area contributed by atoms with Gasteiger partial charge in [-0.25, -0.2) is 0 Å². The van der Waals surface area contributed by atoms with Gasteiger partial charge in [-0.15, -0.1) is 0 Å². The monoisotopic (exact) mass is 345 g/mol. The molecule has 0 aliphatic carbocycles. The highest BCUT2D eigenvalue weighted by atomic mass is 16.7. The number of rotatable bonds is 7. The molecule has 0 bridgehead atoms. The Labute approximate surface area is 146 Å². The van der Waals surface area contributed by atoms with Crippen molar-refractivity contribution in [1.82, 2.24) is 0 Å². The number of nitrogens with zero attached hydrogens (tertiary/aromatic N) is 1. The molecule has 0 spiro atoms. The van der Waals surface area contributed by atoms with E-state index in [2.05, 4.69) is 0 Å². The van der Waals surface area contributed by atoms with Crippen molar-refractivity contribution >= 4 is 12.6 Å². The fourth-order valence-electron chi connectivity index (χ4n) is 2.57. The van der Waals surface area contributed by atoms with Crippen LogP contribution in [0.25, 0.3) is 0 Å². The second-order valence-corrected chi connectivity index (χ2v) is 5.38. The summed E-state index contributed by atoms with van der Waals surface area (Å²) in [4.78, 5) is 10.2. The number of fused-ring (bicyclic) bond motifs is 1. The lowest BCUT2D eigenvalue weighted by atomic mass is 9.79. The molecule has 0 fully saturated rings. The molecular formula is C17H20BNO6. The van der Waals surface area contributed by atoms with Gasteiger partial charge in [0.05, 0.1) is 6.61 Å². The normalized spacial score (nSPS) is 15.4. The van der Waals surface area contributed by atoms with Crippen molar-refractivity contribution in [3.05, 3.63) is 69.8 Å². The van der Waals surface area contributed by atoms with Crippen molar-refractivity contribution < 1.29 is 24.1 Å². The first-order chi connectivity index (χ1) is 11.6. The quantitative estimate of drug-likeness (QED) is 0.271. The van der Waals surface area contributed by atoms with Gasteiger partial charge in [-0.2, -0.15) is 0 Å². The van der Waals surface area contributed by atoms with Crippen LogP contribution in [0.15, 0.2) is 48.5 Å². The molecule has 0 saturated heterocycles. The minimum Gasteiger partial charge on any atom is -0.468 e. The second-order valence-electron chi connectivity index (χ2n) is 5.38. The molecule has 0 radical (unpaired) electrons. The van der Waals surface area contributed by atoms with Crippen LogP contribution in [-0.4, -0.2) is 30.4 Å². The van der Waals surface area contributed by atoms with Gasteiger partial charge in [0.1, 0.15) is 11.9 Å². The average Bonchev–Trinajstić information content (AvgIpc) is 2.87. The van der Waals surface area contributed by atoms with E-state index in [-0.39, 0.29) is 20.8 Å². The maximum atomic E-state index is 10.6. The van der Waals surface area contributed by atoms with Gasteiger partial charge in [0.2, 0.25) is 6.54 Å². The lowest BCUT2D eigenvalue weighted by molar-refractivity contribution is -0.490. The van der Waals surface area contributed by atoms with Gasteiger partial charge in [0, 0.05) is 4.92 Å². The lowest BCUT2D eigenvalue weighted by Gasteiger charge is -2.09. The van der Waals surface area contributed by atoms with E-state index in [0.717, 1.165) is 5.56 Å². The minimum absolute atomic E-state index is 0. The molecule has 1 aliphatic rings. The van der Waals surface area contributed by atoms with Crippen LogP contribution in [-0.2, 0) is 16.0 Å². The van der Waals surface area contributed by atoms with E-state index in [1.807, 2.05) is 30.3 Å². The van der Waals surface area contributed by atoms with Crippen molar-refractivity contribution in [3.8, 4) is 5.75 Å². The maximum Gasteiger partial charge on any atom is 0.492 e. The second kappa shape index (κ2) is 8.61. The maximum absolute atomic E-state index is 10.6. The fraction of sp³-hybridized carbons (Fsp3) is 0.294. The van der Waals surface area contributed by atoms with Gasteiger partial charge in [-0.05, 0) is 28.7 Å². The molecule has 0 amide bonds. The molecule has 7 nitrogen and oxygen atoms in total. The molecular weight excluding hydrogens is 325 g/mol. The highest BCUT2D eigenvalue weighted by Gasteiger charge is 2.37. The number of ether oxygens (including phenoxy) is 2. The summed E-state index contributed by atoms with van der Waals surface area (Å²) in [6.07, 6.45) is -0.742. The molecule has 1 atom stereocenters. The summed E-state index contributed by atoms with van der Waals surface area (Å²) in [7, 11) is -1.18. The van der Waals surface area contributed by atoms with E-state index < -0.39 is 18.1 Å². The van der Waals surface area contributed by atoms with Crippen LogP contribution in [0.5, 0.6) is 5.75 Å². The van der Waals surface area contributed by atoms with Crippen molar-refractivity contribution in [2.24, 2.45) is 0 Å². The van der Waals surface area contributed by atoms with Crippen LogP contribution in [0.3, 0.4) is 0 Å². The van der Waals surface area contributed by atoms with Crippen LogP contribution in [0.2, 0.25) is 0 Å². The first-order valence-corrected chi connectivity index (χ1v) is 7.47. The topological polar surface area (TPSA) is 91.1 Å². The highest BCUT2D eigenvalue weighted by molar-refractivity contribution is 6.61. The highest BCUT2D eigenvalue weighted by Crippen LogP contribution is 2.26. The third kappa shape index (κ3) is 4.79. The number of nitro groups is 1. The summed E-state index contributed by atoms with van der Waals surface area (Å²) >= 11 is 0. The predicted octanol–water partition coefficient (Wildman–Crippen LogP) is 1.91. The minimum atomic E-state index is -1.18. The Bertz CT molecular complexity index is 712. The summed E-state index contributed by atoms with van der Waals surface area (Å²) < 4.78 is 16.1. The van der Waals surface area contributed by atoms with E-state index in [0.29, 0.717) is 23.4 Å². The molecule has 1 aliphatic heterocycles. The molecule has 0 aromatic heterocycles. The van der Waals surface area contributed by atoms with Crippen LogP contribution in [0.4, 0.5) is 0 Å². The van der Waals surface area contributed by atoms with E-state index in [9.17, 15) is 15.1 Å². The first-order valence-electron chi connectivity index (χ1n) is 7.47. The Morgan fingerprint density at radius 3 is 2.72 bits per heavy atom. The molecule has 25 heavy (non-hydrogen) atoms. The Morgan fingerprint density at radius 1 is 1.24 bits per heavy atom. The van der Waals surface area contributed by atoms with Gasteiger partial charge in [-0.1, -0.05) is 43.8 Å². The van der Waals surface area contributed by atoms with Gasteiger partial charge >= 0.3 is 7.12 Å².